The lowest BCUT2D eigenvalue weighted by atomic mass is 10.0. The van der Waals surface area contributed by atoms with E-state index in [2.05, 4.69) is 42.5 Å². The fourth-order valence-corrected chi connectivity index (χ4v) is 10.5. The van der Waals surface area contributed by atoms with Crippen LogP contribution in [0.3, 0.4) is 0 Å². The van der Waals surface area contributed by atoms with E-state index in [1.165, 1.54) is 0 Å². The lowest BCUT2D eigenvalue weighted by Crippen LogP contribution is -2.58. The van der Waals surface area contributed by atoms with Crippen LogP contribution < -0.4 is 76.9 Å². The second kappa shape index (κ2) is 45.5. The van der Waals surface area contributed by atoms with Crippen LogP contribution in [-0.2, 0) is 73.6 Å². The van der Waals surface area contributed by atoms with Gasteiger partial charge in [-0.2, -0.15) is 0 Å². The van der Waals surface area contributed by atoms with Gasteiger partial charge in [-0.25, -0.2) is 0 Å². The van der Waals surface area contributed by atoms with Crippen LogP contribution in [0.4, 0.5) is 0 Å². The van der Waals surface area contributed by atoms with Crippen molar-refractivity contribution in [1.82, 2.24) is 42.5 Å². The van der Waals surface area contributed by atoms with E-state index in [0.717, 1.165) is 22.3 Å². The van der Waals surface area contributed by atoms with E-state index in [-0.39, 0.29) is 64.2 Å². The van der Waals surface area contributed by atoms with E-state index < -0.39 is 107 Å². The molecule has 0 saturated carbocycles. The largest absolute Gasteiger partial charge is 0.368 e. The van der Waals surface area contributed by atoms with Crippen molar-refractivity contribution >= 4 is 59.1 Å². The molecule has 4 rings (SSSR count). The number of amides is 10. The van der Waals surface area contributed by atoms with Gasteiger partial charge in [-0.15, -0.1) is 0 Å². The maximum Gasteiger partial charge on any atom is 0.243 e. The first-order chi connectivity index (χ1) is 45.4. The molecule has 0 unspecified atom stereocenters. The van der Waals surface area contributed by atoms with Crippen LogP contribution in [0.25, 0.3) is 0 Å². The van der Waals surface area contributed by atoms with Crippen molar-refractivity contribution in [1.29, 1.82) is 0 Å². The van der Waals surface area contributed by atoms with Gasteiger partial charge in [0.1, 0.15) is 48.3 Å². The minimum Gasteiger partial charge on any atom is -0.368 e. The quantitative estimate of drug-likeness (QED) is 0.0223. The number of allylic oxidation sites excluding steroid dienone is 2. The van der Waals surface area contributed by atoms with Crippen molar-refractivity contribution in [2.24, 2.45) is 34.4 Å². The molecule has 0 bridgehead atoms. The molecule has 4 aromatic carbocycles. The summed E-state index contributed by atoms with van der Waals surface area (Å²) >= 11 is 0. The van der Waals surface area contributed by atoms with Gasteiger partial charge in [-0.1, -0.05) is 133 Å². The van der Waals surface area contributed by atoms with Gasteiger partial charge in [0.15, 0.2) is 0 Å². The van der Waals surface area contributed by atoms with Crippen LogP contribution in [-0.4, -0.2) is 134 Å². The van der Waals surface area contributed by atoms with Gasteiger partial charge >= 0.3 is 0 Å². The smallest absolute Gasteiger partial charge is 0.243 e. The summed E-state index contributed by atoms with van der Waals surface area (Å²) in [7, 11) is 0. The summed E-state index contributed by atoms with van der Waals surface area (Å²) in [4.78, 5) is 137. The molecule has 94 heavy (non-hydrogen) atoms. The van der Waals surface area contributed by atoms with Crippen LogP contribution in [0.15, 0.2) is 133 Å². The Balaban J connectivity index is 1.38. The topological polar surface area (TPSA) is 423 Å². The zero-order valence-electron chi connectivity index (χ0n) is 54.3. The van der Waals surface area contributed by atoms with E-state index >= 15 is 0 Å². The van der Waals surface area contributed by atoms with Crippen molar-refractivity contribution in [3.63, 3.8) is 0 Å². The fraction of sp³-hybridized carbons (Fsp3) is 0.486. The summed E-state index contributed by atoms with van der Waals surface area (Å²) in [6.07, 6.45) is 11.4. The molecular weight excluding hydrogens is 1200 g/mol. The zero-order valence-corrected chi connectivity index (χ0v) is 54.3. The Morgan fingerprint density at radius 1 is 0.287 bits per heavy atom. The van der Waals surface area contributed by atoms with Crippen molar-refractivity contribution in [2.45, 2.75) is 190 Å². The van der Waals surface area contributed by atoms with Crippen molar-refractivity contribution in [3.8, 4) is 0 Å². The SMILES string of the molecule is NCCCC[C@H](NC(=O)[C@H](Cc1ccccc1)NC(=O)[C@H](CCCCN)NC(=O)[C@H](Cc1ccccc1)NC(=O)CCC/C=C/CCCC(=O)N[C@@H](Cc1ccccc1)C(=O)N[C@@H](CCCCN)C(=O)N[C@@H](Cc1ccccc1)C(=O)N[C@@H](CCCCN)C(N)=O)C(N)=O. The van der Waals surface area contributed by atoms with Crippen molar-refractivity contribution < 1.29 is 47.9 Å². The Labute approximate surface area is 553 Å². The van der Waals surface area contributed by atoms with E-state index in [0.29, 0.717) is 103 Å². The molecule has 4 aromatic rings. The molecule has 20 N–H and O–H groups in total. The van der Waals surface area contributed by atoms with Gasteiger partial charge in [0.25, 0.3) is 0 Å². The van der Waals surface area contributed by atoms with Gasteiger partial charge in [-0.05, 0) is 151 Å². The van der Waals surface area contributed by atoms with Gasteiger partial charge in [0.2, 0.25) is 59.1 Å². The molecule has 10 amide bonds. The molecule has 0 radical (unpaired) electrons. The molecule has 0 saturated heterocycles. The van der Waals surface area contributed by atoms with E-state index in [4.69, 9.17) is 34.4 Å². The molecule has 0 heterocycles. The Hall–Kier alpha value is -8.84. The summed E-state index contributed by atoms with van der Waals surface area (Å²) < 4.78 is 0. The normalized spacial score (nSPS) is 13.7. The second-order valence-corrected chi connectivity index (χ2v) is 23.6. The molecule has 0 aromatic heterocycles. The number of hydrogen-bond acceptors (Lipinski definition) is 14. The van der Waals surface area contributed by atoms with Crippen LogP contribution in [0, 0.1) is 0 Å². The average Bonchev–Trinajstić information content (AvgIpc) is 0.920. The van der Waals surface area contributed by atoms with Crippen molar-refractivity contribution in [2.75, 3.05) is 26.2 Å². The molecule has 512 valence electrons. The number of nitrogens with two attached hydrogens (primary N) is 6. The molecule has 0 aliphatic rings. The Kier molecular flexibility index (Phi) is 37.5. The molecule has 24 nitrogen and oxygen atoms in total. The number of carbonyl (C=O) groups is 10. The second-order valence-electron chi connectivity index (χ2n) is 23.6. The van der Waals surface area contributed by atoms with Crippen LogP contribution >= 0.6 is 0 Å². The number of hydrogen-bond donors (Lipinski definition) is 14. The number of unbranched alkanes of at least 4 members (excludes halogenated alkanes) is 6. The van der Waals surface area contributed by atoms with Gasteiger partial charge in [-0.3, -0.25) is 47.9 Å². The lowest BCUT2D eigenvalue weighted by Gasteiger charge is -2.26. The highest BCUT2D eigenvalue weighted by Gasteiger charge is 2.34. The summed E-state index contributed by atoms with van der Waals surface area (Å²) in [5.41, 5.74) is 37.3. The van der Waals surface area contributed by atoms with Crippen LogP contribution in [0.2, 0.25) is 0 Å². The van der Waals surface area contributed by atoms with Gasteiger partial charge < -0.3 is 76.9 Å². The predicted octanol–water partition coefficient (Wildman–Crippen LogP) is 2.22. The van der Waals surface area contributed by atoms with Crippen LogP contribution in [0.1, 0.15) is 138 Å². The molecule has 8 atom stereocenters. The number of nitrogens with one attached hydrogen (secondary N) is 8. The van der Waals surface area contributed by atoms with Gasteiger partial charge in [0.05, 0.1) is 0 Å². The maximum atomic E-state index is 14.3. The Bertz CT molecular complexity index is 2770. The molecule has 0 spiro atoms. The third kappa shape index (κ3) is 31.2. The summed E-state index contributed by atoms with van der Waals surface area (Å²) in [6.45, 7) is 1.47. The predicted molar refractivity (Wildman–Crippen MR) is 363 cm³/mol. The molecule has 24 heteroatoms. The molecular formula is C70H102N14O10. The standard InChI is InChI=1S/C70H102N14O10/c71-41-23-19-35-53(63(75)87)79-69(93)59(47-51-31-13-7-14-32-51)83-65(89)55(37-21-25-43-73)81-67(91)57(45-49-27-9-5-10-28-49)77-61(85)39-17-3-1-2-4-18-40-62(86)78-58(46-50-29-11-6-12-30-50)68(92)82-56(38-22-26-44-74)66(90)84-60(48-52-33-15-8-16-34-52)70(94)80-54(64(76)88)36-20-24-42-72/h1-2,5-16,27-34,53-60H,3-4,17-26,35-48,71-74H2,(H2,75,87)(H2,76,88)(H,77,85)(H,78,86)(H,79,93)(H,80,94)(H,81,91)(H,82,92)(H,83,89)(H,84,90)/b2-1+/t53-,54-,55-,56-,57-,58-,59-,60-/m0/s1. The monoisotopic (exact) mass is 1300 g/mol. The summed E-state index contributed by atoms with van der Waals surface area (Å²) in [5, 5.41) is 22.5. The molecule has 0 fully saturated rings. The first kappa shape index (κ1) is 77.6. The first-order valence-corrected chi connectivity index (χ1v) is 33.1. The number of benzene rings is 4. The highest BCUT2D eigenvalue weighted by molar-refractivity contribution is 5.97. The number of rotatable bonds is 48. The zero-order chi connectivity index (χ0) is 68.3. The number of primary amides is 2. The average molecular weight is 1300 g/mol. The third-order valence-corrected chi connectivity index (χ3v) is 15.8. The Morgan fingerprint density at radius 2 is 0.511 bits per heavy atom. The Morgan fingerprint density at radius 3 is 0.766 bits per heavy atom. The fourth-order valence-electron chi connectivity index (χ4n) is 10.5. The van der Waals surface area contributed by atoms with Gasteiger partial charge in [0, 0.05) is 38.5 Å². The molecule has 0 aliphatic carbocycles. The van der Waals surface area contributed by atoms with E-state index in [9.17, 15) is 47.9 Å². The lowest BCUT2D eigenvalue weighted by molar-refractivity contribution is -0.134. The summed E-state index contributed by atoms with van der Waals surface area (Å²) in [6, 6.07) is 27.5. The van der Waals surface area contributed by atoms with Crippen LogP contribution in [0.5, 0.6) is 0 Å². The highest BCUT2D eigenvalue weighted by Crippen LogP contribution is 2.14. The number of carbonyl (C=O) groups excluding carboxylic acids is 10. The minimum absolute atomic E-state index is 0.0673. The summed E-state index contributed by atoms with van der Waals surface area (Å²) in [5.74, 6) is -5.99. The van der Waals surface area contributed by atoms with Crippen molar-refractivity contribution in [3.05, 3.63) is 156 Å². The molecule has 0 aliphatic heterocycles. The van der Waals surface area contributed by atoms with E-state index in [1.54, 1.807) is 48.5 Å². The first-order valence-electron chi connectivity index (χ1n) is 33.1. The minimum atomic E-state index is -1.15. The van der Waals surface area contributed by atoms with E-state index in [1.807, 2.05) is 84.9 Å². The highest BCUT2D eigenvalue weighted by atomic mass is 16.2. The third-order valence-electron chi connectivity index (χ3n) is 15.8. The maximum absolute atomic E-state index is 14.3.